The lowest BCUT2D eigenvalue weighted by Crippen LogP contribution is -2.51. The summed E-state index contributed by atoms with van der Waals surface area (Å²) in [7, 11) is 2.59. The third kappa shape index (κ3) is 7.95. The maximum atomic E-state index is 13.8. The van der Waals surface area contributed by atoms with Gasteiger partial charge in [0, 0.05) is 52.2 Å². The molecule has 2 saturated heterocycles. The number of methoxy groups -OCH3 is 2. The van der Waals surface area contributed by atoms with Crippen molar-refractivity contribution in [2.75, 3.05) is 27.3 Å². The third-order valence-electron chi connectivity index (χ3n) is 13.8. The molecule has 1 aliphatic carbocycles. The van der Waals surface area contributed by atoms with Crippen LogP contribution in [0.1, 0.15) is 114 Å². The zero-order valence-corrected chi connectivity index (χ0v) is 37.5. The average Bonchev–Trinajstić information content (AvgIpc) is 4.15. The number of benzene rings is 2. The molecule has 0 radical (unpaired) electrons. The van der Waals surface area contributed by atoms with E-state index in [9.17, 15) is 19.2 Å². The lowest BCUT2D eigenvalue weighted by atomic mass is 9.87. The summed E-state index contributed by atoms with van der Waals surface area (Å²) in [6.07, 6.45) is 10.00. The molecule has 3 fully saturated rings. The van der Waals surface area contributed by atoms with Crippen LogP contribution in [0.15, 0.2) is 48.8 Å². The highest BCUT2D eigenvalue weighted by atomic mass is 16.5. The van der Waals surface area contributed by atoms with Gasteiger partial charge >= 0.3 is 12.2 Å². The Kier molecular flexibility index (Phi) is 11.9. The third-order valence-corrected chi connectivity index (χ3v) is 13.8. The normalized spacial score (nSPS) is 20.6. The van der Waals surface area contributed by atoms with Gasteiger partial charge in [0.1, 0.15) is 35.6 Å². The van der Waals surface area contributed by atoms with Crippen molar-refractivity contribution in [3.63, 3.8) is 0 Å². The van der Waals surface area contributed by atoms with E-state index < -0.39 is 24.3 Å². The molecule has 0 spiro atoms. The van der Waals surface area contributed by atoms with E-state index in [0.29, 0.717) is 24.8 Å². The number of H-pyrrole nitrogens is 3. The molecule has 338 valence electrons. The van der Waals surface area contributed by atoms with Gasteiger partial charge in [-0.05, 0) is 74.6 Å². The van der Waals surface area contributed by atoms with Gasteiger partial charge in [0.15, 0.2) is 0 Å². The Morgan fingerprint density at radius 2 is 1.23 bits per heavy atom. The zero-order valence-electron chi connectivity index (χ0n) is 37.5. The highest BCUT2D eigenvalue weighted by molar-refractivity contribution is 5.96. The van der Waals surface area contributed by atoms with E-state index in [1.165, 1.54) is 32.6 Å². The molecule has 5 aromatic rings. The number of nitrogens with zero attached hydrogens (tertiary/aromatic N) is 4. The molecule has 2 aromatic carbocycles. The fourth-order valence-corrected chi connectivity index (χ4v) is 10.4. The Morgan fingerprint density at radius 3 is 1.77 bits per heavy atom. The monoisotopic (exact) mass is 873 g/mol. The first-order valence-corrected chi connectivity index (χ1v) is 22.8. The highest BCUT2D eigenvalue weighted by Crippen LogP contribution is 2.52. The molecule has 3 aliphatic heterocycles. The van der Waals surface area contributed by atoms with E-state index in [4.69, 9.17) is 24.2 Å². The van der Waals surface area contributed by atoms with Crippen LogP contribution in [-0.4, -0.2) is 98.1 Å². The van der Waals surface area contributed by atoms with Crippen LogP contribution in [0.3, 0.4) is 0 Å². The Morgan fingerprint density at radius 1 is 0.703 bits per heavy atom. The van der Waals surface area contributed by atoms with Gasteiger partial charge in [-0.2, -0.15) is 0 Å². The summed E-state index contributed by atoms with van der Waals surface area (Å²) < 4.78 is 16.7. The number of aromatic nitrogens is 5. The minimum atomic E-state index is -0.706. The maximum absolute atomic E-state index is 13.8. The van der Waals surface area contributed by atoms with Crippen LogP contribution >= 0.6 is 0 Å². The van der Waals surface area contributed by atoms with Gasteiger partial charge in [-0.1, -0.05) is 52.7 Å². The minimum absolute atomic E-state index is 0.119. The van der Waals surface area contributed by atoms with Crippen molar-refractivity contribution >= 4 is 34.9 Å². The van der Waals surface area contributed by atoms with Crippen LogP contribution < -0.4 is 15.4 Å². The number of nitrogens with one attached hydrogen (secondary N) is 5. The molecule has 4 aliphatic rings. The van der Waals surface area contributed by atoms with E-state index in [1.54, 1.807) is 0 Å². The number of ether oxygens (including phenoxy) is 3. The van der Waals surface area contributed by atoms with E-state index in [-0.39, 0.29) is 41.8 Å². The minimum Gasteiger partial charge on any atom is -0.485 e. The first-order valence-electron chi connectivity index (χ1n) is 22.8. The molecule has 16 heteroatoms. The number of amides is 4. The Bertz CT molecular complexity index is 2550. The fourth-order valence-electron chi connectivity index (χ4n) is 10.4. The molecule has 5 atom stereocenters. The maximum Gasteiger partial charge on any atom is 0.407 e. The van der Waals surface area contributed by atoms with Crippen LogP contribution in [0.4, 0.5) is 9.59 Å². The van der Waals surface area contributed by atoms with Gasteiger partial charge in [-0.25, -0.2) is 19.6 Å². The first-order chi connectivity index (χ1) is 30.9. The van der Waals surface area contributed by atoms with Crippen molar-refractivity contribution in [3.8, 4) is 39.5 Å². The summed E-state index contributed by atoms with van der Waals surface area (Å²) in [5, 5.41) is 6.56. The number of carbonyl (C=O) groups excluding carboxylic acids is 4. The van der Waals surface area contributed by atoms with Gasteiger partial charge in [0.2, 0.25) is 11.8 Å². The van der Waals surface area contributed by atoms with Crippen molar-refractivity contribution in [1.82, 2.24) is 45.4 Å². The number of likely N-dealkylation sites (tertiary alicyclic amines) is 2. The van der Waals surface area contributed by atoms with Gasteiger partial charge in [-0.3, -0.25) is 9.59 Å². The molecule has 5 N–H and O–H groups in total. The number of fused-ring (bicyclic) bond motifs is 5. The fraction of sp³-hybridized carbons (Fsp3) is 0.500. The smallest absolute Gasteiger partial charge is 0.407 e. The molecule has 0 bridgehead atoms. The second-order valence-electron chi connectivity index (χ2n) is 18.4. The molecule has 1 saturated carbocycles. The molecule has 9 rings (SSSR count). The van der Waals surface area contributed by atoms with Crippen LogP contribution in [0, 0.1) is 17.8 Å². The largest absolute Gasteiger partial charge is 0.485 e. The van der Waals surface area contributed by atoms with E-state index in [0.717, 1.165) is 94.8 Å². The number of rotatable bonds is 11. The molecule has 64 heavy (non-hydrogen) atoms. The summed E-state index contributed by atoms with van der Waals surface area (Å²) in [5.74, 6) is 2.08. The number of carbonyl (C=O) groups is 4. The molecule has 6 heterocycles. The number of imidazole rings is 2. The van der Waals surface area contributed by atoms with E-state index >= 15 is 0 Å². The summed E-state index contributed by atoms with van der Waals surface area (Å²) >= 11 is 0. The van der Waals surface area contributed by atoms with Gasteiger partial charge in [0.05, 0.1) is 55.8 Å². The standard InChI is InChI=1S/C48H59N9O7/c1-25(2)39(54-47(60)62-5)45(58)56-19-9-13-35(56)43-49-23-33(52-43)28-16-18-32-31(21-28)38-41(51-32)30-17-15-29(22-37(30)64-42(38)27-11-7-8-12-27)34-24-50-44(53-34)36-14-10-20-57(36)46(59)40(26(3)4)55-48(61)63-6/h15-18,21-27,35-36,39-40,42,51H,7-14,19-20H2,1-6H3,(H,49,52)(H,50,53)(H,54,60)(H,55,61). The summed E-state index contributed by atoms with van der Waals surface area (Å²) in [6.45, 7) is 8.80. The molecular formula is C48H59N9O7. The second-order valence-corrected chi connectivity index (χ2v) is 18.4. The molecule has 5 unspecified atom stereocenters. The highest BCUT2D eigenvalue weighted by Gasteiger charge is 2.40. The van der Waals surface area contributed by atoms with Gasteiger partial charge in [-0.15, -0.1) is 0 Å². The van der Waals surface area contributed by atoms with Crippen LogP contribution in [0.25, 0.3) is 44.7 Å². The second kappa shape index (κ2) is 17.7. The van der Waals surface area contributed by atoms with E-state index in [1.807, 2.05) is 49.9 Å². The van der Waals surface area contributed by atoms with Crippen LogP contribution in [-0.2, 0) is 19.1 Å². The Labute approximate surface area is 372 Å². The van der Waals surface area contributed by atoms with E-state index in [2.05, 4.69) is 62.0 Å². The van der Waals surface area contributed by atoms with Crippen LogP contribution in [0.2, 0.25) is 0 Å². The quantitative estimate of drug-likeness (QED) is 0.0866. The lowest BCUT2D eigenvalue weighted by Gasteiger charge is -2.31. The molecule has 4 amide bonds. The predicted octanol–water partition coefficient (Wildman–Crippen LogP) is 8.33. The van der Waals surface area contributed by atoms with Crippen molar-refractivity contribution in [1.29, 1.82) is 0 Å². The Hall–Kier alpha value is -6.32. The van der Waals surface area contributed by atoms with Crippen molar-refractivity contribution in [2.45, 2.75) is 109 Å². The summed E-state index contributed by atoms with van der Waals surface area (Å²) in [5.41, 5.74) is 7.87. The van der Waals surface area contributed by atoms with Crippen molar-refractivity contribution in [3.05, 3.63) is 66.0 Å². The molecule has 16 nitrogen and oxygen atoms in total. The summed E-state index contributed by atoms with van der Waals surface area (Å²) in [6, 6.07) is 10.8. The van der Waals surface area contributed by atoms with Gasteiger partial charge in [0.25, 0.3) is 0 Å². The topological polar surface area (TPSA) is 200 Å². The SMILES string of the molecule is COC(=O)NC(C(=O)N1CCCC1c1ncc(-c2ccc3c(c2)OC(C2CCCC2)c2c-3[nH]c3ccc(-c4cnc(C5CCCN5C(=O)C(NC(=O)OC)C(C)C)[nH]4)cc23)[nH]1)C(C)C. The molecular weight excluding hydrogens is 815 g/mol. The zero-order chi connectivity index (χ0) is 44.8. The predicted molar refractivity (Wildman–Crippen MR) is 240 cm³/mol. The Balaban J connectivity index is 0.990. The number of alkyl carbamates (subject to hydrolysis) is 2. The van der Waals surface area contributed by atoms with Gasteiger partial charge < -0.3 is 49.6 Å². The number of hydrogen-bond donors (Lipinski definition) is 5. The van der Waals surface area contributed by atoms with Crippen LogP contribution in [0.5, 0.6) is 5.75 Å². The number of aromatic amines is 3. The first kappa shape index (κ1) is 43.0. The van der Waals surface area contributed by atoms with Crippen molar-refractivity contribution < 1.29 is 33.4 Å². The molecule has 3 aromatic heterocycles. The van der Waals surface area contributed by atoms with Crippen molar-refractivity contribution in [2.24, 2.45) is 17.8 Å². The summed E-state index contributed by atoms with van der Waals surface area (Å²) in [4.78, 5) is 75.9. The lowest BCUT2D eigenvalue weighted by molar-refractivity contribution is -0.136. The average molecular weight is 874 g/mol. The number of hydrogen-bond acceptors (Lipinski definition) is 9.